The quantitative estimate of drug-likeness (QED) is 0.187. The van der Waals surface area contributed by atoms with Gasteiger partial charge in [0.05, 0.1) is 12.6 Å². The topological polar surface area (TPSA) is 186 Å². The number of amides is 4. The Kier molecular flexibility index (Phi) is 11.5. The highest BCUT2D eigenvalue weighted by molar-refractivity contribution is 5.90. The predicted octanol–water partition coefficient (Wildman–Crippen LogP) is -0.470. The van der Waals surface area contributed by atoms with Gasteiger partial charge >= 0.3 is 0 Å². The maximum Gasteiger partial charge on any atom is 0.245 e. The summed E-state index contributed by atoms with van der Waals surface area (Å²) >= 11 is 0. The van der Waals surface area contributed by atoms with Gasteiger partial charge in [0.1, 0.15) is 6.04 Å². The van der Waals surface area contributed by atoms with Crippen LogP contribution in [-0.4, -0.2) is 66.2 Å². The van der Waals surface area contributed by atoms with E-state index in [9.17, 15) is 19.2 Å². The number of hydrogen-bond acceptors (Lipinski definition) is 5. The largest absolute Gasteiger partial charge is 0.370 e. The normalized spacial score (nSPS) is 20.3. The number of rotatable bonds is 8. The molecule has 0 radical (unpaired) electrons. The molecule has 1 aromatic carbocycles. The Balaban J connectivity index is 2.29. The molecule has 1 aliphatic heterocycles. The van der Waals surface area contributed by atoms with Crippen LogP contribution in [0.5, 0.6) is 0 Å². The van der Waals surface area contributed by atoms with E-state index in [-0.39, 0.29) is 43.7 Å². The summed E-state index contributed by atoms with van der Waals surface area (Å²) in [6.45, 7) is 0.0352. The lowest BCUT2D eigenvalue weighted by atomic mass is 10.0. The third-order valence-corrected chi connectivity index (χ3v) is 5.68. The van der Waals surface area contributed by atoms with E-state index in [2.05, 4.69) is 15.6 Å². The van der Waals surface area contributed by atoms with Gasteiger partial charge in [-0.3, -0.25) is 24.2 Å². The summed E-state index contributed by atoms with van der Waals surface area (Å²) in [5.74, 6) is -1.57. The van der Waals surface area contributed by atoms with Crippen LogP contribution in [0.3, 0.4) is 0 Å². The van der Waals surface area contributed by atoms with Crippen LogP contribution in [0.15, 0.2) is 35.3 Å². The van der Waals surface area contributed by atoms with E-state index < -0.39 is 23.9 Å². The Morgan fingerprint density at radius 2 is 1.63 bits per heavy atom. The van der Waals surface area contributed by atoms with Crippen LogP contribution >= 0.6 is 0 Å². The molecule has 0 unspecified atom stereocenters. The minimum absolute atomic E-state index is 0.0544. The van der Waals surface area contributed by atoms with Crippen molar-refractivity contribution >= 4 is 29.6 Å². The van der Waals surface area contributed by atoms with Crippen LogP contribution in [0.1, 0.15) is 50.5 Å². The van der Waals surface area contributed by atoms with Crippen LogP contribution in [0.4, 0.5) is 0 Å². The summed E-state index contributed by atoms with van der Waals surface area (Å²) in [4.78, 5) is 55.7. The van der Waals surface area contributed by atoms with Crippen molar-refractivity contribution in [1.29, 1.82) is 0 Å². The van der Waals surface area contributed by atoms with Crippen LogP contribution in [-0.2, 0) is 25.6 Å². The van der Waals surface area contributed by atoms with Gasteiger partial charge in [0.15, 0.2) is 5.96 Å². The van der Waals surface area contributed by atoms with E-state index >= 15 is 0 Å². The molecule has 1 aliphatic rings. The number of carbonyl (C=O) groups excluding carboxylic acids is 4. The van der Waals surface area contributed by atoms with Crippen molar-refractivity contribution in [2.45, 2.75) is 63.5 Å². The molecule has 1 fully saturated rings. The van der Waals surface area contributed by atoms with Gasteiger partial charge < -0.3 is 32.7 Å². The first-order valence-corrected chi connectivity index (χ1v) is 12.0. The molecule has 2 atom stereocenters. The van der Waals surface area contributed by atoms with Crippen molar-refractivity contribution in [3.63, 3.8) is 0 Å². The molecule has 11 heteroatoms. The first-order valence-electron chi connectivity index (χ1n) is 12.0. The van der Waals surface area contributed by atoms with Crippen molar-refractivity contribution in [1.82, 2.24) is 15.5 Å². The first kappa shape index (κ1) is 27.6. The fourth-order valence-electron chi connectivity index (χ4n) is 4.04. The molecular weight excluding hydrogens is 450 g/mol. The molecule has 0 spiro atoms. The number of benzene rings is 1. The molecule has 2 rings (SSSR count). The average Bonchev–Trinajstić information content (AvgIpc) is 2.79. The number of nitrogens with one attached hydrogen (secondary N) is 2. The van der Waals surface area contributed by atoms with Gasteiger partial charge in [0, 0.05) is 25.9 Å². The van der Waals surface area contributed by atoms with Crippen molar-refractivity contribution in [3.8, 4) is 0 Å². The monoisotopic (exact) mass is 487 g/mol. The Bertz CT molecular complexity index is 887. The molecular formula is C24H37N7O4. The third-order valence-electron chi connectivity index (χ3n) is 5.68. The zero-order valence-electron chi connectivity index (χ0n) is 20.1. The Morgan fingerprint density at radius 3 is 2.26 bits per heavy atom. The maximum absolute atomic E-state index is 13.5. The molecule has 192 valence electrons. The number of nitrogens with zero attached hydrogens (tertiary/aromatic N) is 2. The summed E-state index contributed by atoms with van der Waals surface area (Å²) in [7, 11) is 0. The van der Waals surface area contributed by atoms with Crippen molar-refractivity contribution in [2.24, 2.45) is 22.2 Å². The van der Waals surface area contributed by atoms with E-state index in [4.69, 9.17) is 17.2 Å². The van der Waals surface area contributed by atoms with Gasteiger partial charge in [0.2, 0.25) is 23.6 Å². The first-order chi connectivity index (χ1) is 16.7. The smallest absolute Gasteiger partial charge is 0.245 e. The molecule has 11 nitrogen and oxygen atoms in total. The maximum atomic E-state index is 13.5. The summed E-state index contributed by atoms with van der Waals surface area (Å²) in [6, 6.07) is 8.26. The Hall–Kier alpha value is -3.63. The fraction of sp³-hybridized carbons (Fsp3) is 0.542. The number of primary amides is 1. The number of guanidine groups is 1. The number of hydrogen-bond donors (Lipinski definition) is 5. The fourth-order valence-corrected chi connectivity index (χ4v) is 4.04. The molecule has 0 aliphatic carbocycles. The predicted molar refractivity (Wildman–Crippen MR) is 133 cm³/mol. The highest BCUT2D eigenvalue weighted by Crippen LogP contribution is 2.11. The van der Waals surface area contributed by atoms with Gasteiger partial charge in [-0.25, -0.2) is 0 Å². The summed E-state index contributed by atoms with van der Waals surface area (Å²) in [5.41, 5.74) is 17.2. The molecule has 0 saturated carbocycles. The molecule has 1 aromatic rings. The van der Waals surface area contributed by atoms with Crippen LogP contribution < -0.4 is 27.8 Å². The van der Waals surface area contributed by atoms with E-state index in [0.717, 1.165) is 12.0 Å². The van der Waals surface area contributed by atoms with Crippen molar-refractivity contribution in [3.05, 3.63) is 35.9 Å². The Labute approximate surface area is 205 Å². The molecule has 1 heterocycles. The van der Waals surface area contributed by atoms with E-state index in [1.165, 1.54) is 4.90 Å². The zero-order chi connectivity index (χ0) is 25.6. The number of carbonyl (C=O) groups is 4. The third kappa shape index (κ3) is 10.9. The zero-order valence-corrected chi connectivity index (χ0v) is 20.1. The lowest BCUT2D eigenvalue weighted by molar-refractivity contribution is -0.139. The van der Waals surface area contributed by atoms with Gasteiger partial charge in [0.25, 0.3) is 0 Å². The van der Waals surface area contributed by atoms with Crippen molar-refractivity contribution in [2.75, 3.05) is 19.6 Å². The van der Waals surface area contributed by atoms with Crippen LogP contribution in [0, 0.1) is 0 Å². The molecule has 8 N–H and O–H groups in total. The van der Waals surface area contributed by atoms with E-state index in [0.29, 0.717) is 38.6 Å². The minimum atomic E-state index is -0.868. The molecule has 4 amide bonds. The highest BCUT2D eigenvalue weighted by atomic mass is 16.2. The standard InChI is InChI=1S/C24H37N7O4/c25-20(32)16-31-15-18(14-17-8-3-1-4-9-17)29-21(33)11-5-2-6-12-22(34)30-19(23(31)35)10-7-13-28-24(26)27/h1,3-4,8-9,18-19H,2,5-7,10-16H2,(H2,25,32)(H,29,33)(H,30,34)(H4,26,27,28)/t18-,19-/m0/s1. The summed E-state index contributed by atoms with van der Waals surface area (Å²) < 4.78 is 0. The SMILES string of the molecule is NC(=O)CN1C[C@H](Cc2ccccc2)NC(=O)CCCCCC(=O)N[C@@H](CCCN=C(N)N)C1=O. The number of nitrogens with two attached hydrogens (primary N) is 3. The molecule has 0 bridgehead atoms. The lowest BCUT2D eigenvalue weighted by Crippen LogP contribution is -2.55. The van der Waals surface area contributed by atoms with Crippen LogP contribution in [0.2, 0.25) is 0 Å². The molecule has 35 heavy (non-hydrogen) atoms. The van der Waals surface area contributed by atoms with Crippen molar-refractivity contribution < 1.29 is 19.2 Å². The average molecular weight is 488 g/mol. The van der Waals surface area contributed by atoms with Gasteiger partial charge in [-0.1, -0.05) is 36.8 Å². The molecule has 1 saturated heterocycles. The van der Waals surface area contributed by atoms with Gasteiger partial charge in [-0.2, -0.15) is 0 Å². The van der Waals surface area contributed by atoms with Crippen LogP contribution in [0.25, 0.3) is 0 Å². The van der Waals surface area contributed by atoms with Gasteiger partial charge in [-0.15, -0.1) is 0 Å². The minimum Gasteiger partial charge on any atom is -0.370 e. The van der Waals surface area contributed by atoms with E-state index in [1.54, 1.807) is 0 Å². The summed E-state index contributed by atoms with van der Waals surface area (Å²) in [6.07, 6.45) is 3.75. The van der Waals surface area contributed by atoms with Gasteiger partial charge in [-0.05, 0) is 37.7 Å². The lowest BCUT2D eigenvalue weighted by Gasteiger charge is -2.31. The highest BCUT2D eigenvalue weighted by Gasteiger charge is 2.29. The summed E-state index contributed by atoms with van der Waals surface area (Å²) in [5, 5.41) is 5.82. The second-order valence-corrected chi connectivity index (χ2v) is 8.77. The Morgan fingerprint density at radius 1 is 0.971 bits per heavy atom. The number of aliphatic imine (C=N–C) groups is 1. The second-order valence-electron chi connectivity index (χ2n) is 8.77. The van der Waals surface area contributed by atoms with E-state index in [1.807, 2.05) is 30.3 Å². The second kappa shape index (κ2) is 14.6. The molecule has 0 aromatic heterocycles.